The van der Waals surface area contributed by atoms with Crippen LogP contribution >= 0.6 is 33.9 Å². The number of hydrogen-bond acceptors (Lipinski definition) is 2. The molecule has 1 heterocycles. The van der Waals surface area contributed by atoms with E-state index >= 15 is 0 Å². The highest BCUT2D eigenvalue weighted by molar-refractivity contribution is 14.1. The van der Waals surface area contributed by atoms with Crippen molar-refractivity contribution in [2.24, 2.45) is 5.92 Å². The van der Waals surface area contributed by atoms with Gasteiger partial charge in [-0.1, -0.05) is 12.8 Å². The molecule has 1 N–H and O–H groups in total. The number of fused-ring (bicyclic) bond motifs is 1. The summed E-state index contributed by atoms with van der Waals surface area (Å²) in [6.07, 6.45) is 1.58. The summed E-state index contributed by atoms with van der Waals surface area (Å²) in [6, 6.07) is 1.86. The highest BCUT2D eigenvalue weighted by Gasteiger charge is 2.46. The maximum atomic E-state index is 13.2. The molecular weight excluding hydrogens is 410 g/mol. The van der Waals surface area contributed by atoms with Crippen LogP contribution in [0.4, 0.5) is 13.2 Å². The molecule has 3 atom stereocenters. The number of halogens is 4. The Morgan fingerprint density at radius 3 is 2.67 bits per heavy atom. The Morgan fingerprint density at radius 2 is 1.90 bits per heavy atom. The van der Waals surface area contributed by atoms with Gasteiger partial charge in [0, 0.05) is 17.0 Å². The Morgan fingerprint density at radius 1 is 1.14 bits per heavy atom. The van der Waals surface area contributed by atoms with Gasteiger partial charge in [-0.25, -0.2) is 0 Å². The normalized spacial score (nSPS) is 30.2. The first kappa shape index (κ1) is 16.1. The number of hydrogen-bond donors (Lipinski definition) is 1. The molecule has 118 valence electrons. The summed E-state index contributed by atoms with van der Waals surface area (Å²) < 4.78 is 40.9. The van der Waals surface area contributed by atoms with E-state index in [1.54, 1.807) is 11.3 Å². The van der Waals surface area contributed by atoms with Crippen LogP contribution in [0.5, 0.6) is 0 Å². The van der Waals surface area contributed by atoms with Gasteiger partial charge in [0.15, 0.2) is 0 Å². The van der Waals surface area contributed by atoms with Crippen molar-refractivity contribution in [3.8, 4) is 0 Å². The molecule has 6 heteroatoms. The molecule has 1 saturated carbocycles. The number of aryl methyl sites for hydroxylation is 1. The second-order valence-electron chi connectivity index (χ2n) is 6.08. The molecule has 3 unspecified atom stereocenters. The van der Waals surface area contributed by atoms with Crippen LogP contribution in [0.2, 0.25) is 0 Å². The van der Waals surface area contributed by atoms with Crippen molar-refractivity contribution >= 4 is 33.9 Å². The fourth-order valence-electron chi connectivity index (χ4n) is 3.68. The second-order valence-corrected chi connectivity index (χ2v) is 9.11. The number of rotatable bonds is 2. The summed E-state index contributed by atoms with van der Waals surface area (Å²) in [4.78, 5) is 1.36. The largest absolute Gasteiger partial charge is 0.393 e. The van der Waals surface area contributed by atoms with Crippen LogP contribution in [0.25, 0.3) is 0 Å². The van der Waals surface area contributed by atoms with Crippen molar-refractivity contribution in [3.05, 3.63) is 19.4 Å². The predicted octanol–water partition coefficient (Wildman–Crippen LogP) is 5.44. The molecule has 0 saturated heterocycles. The van der Waals surface area contributed by atoms with Gasteiger partial charge in [-0.05, 0) is 66.3 Å². The summed E-state index contributed by atoms with van der Waals surface area (Å²) >= 11 is 4.10. The van der Waals surface area contributed by atoms with Gasteiger partial charge in [-0.2, -0.15) is 13.2 Å². The highest BCUT2D eigenvalue weighted by atomic mass is 127. The number of alkyl halides is 3. The van der Waals surface area contributed by atoms with E-state index in [4.69, 9.17) is 0 Å². The molecule has 1 nitrogen and oxygen atoms in total. The Bertz CT molecular complexity index is 500. The zero-order chi connectivity index (χ0) is 15.0. The Labute approximate surface area is 140 Å². The van der Waals surface area contributed by atoms with Gasteiger partial charge in [-0.3, -0.25) is 0 Å². The minimum atomic E-state index is -4.07. The Hall–Kier alpha value is 0.180. The number of thiophene rings is 1. The van der Waals surface area contributed by atoms with Gasteiger partial charge in [0.05, 0.1) is 8.80 Å². The fourth-order valence-corrected chi connectivity index (χ4v) is 5.79. The van der Waals surface area contributed by atoms with Gasteiger partial charge in [0.1, 0.15) is 0 Å². The molecule has 0 radical (unpaired) electrons. The van der Waals surface area contributed by atoms with Crippen LogP contribution in [0, 0.1) is 8.80 Å². The average Bonchev–Trinajstić information content (AvgIpc) is 2.79. The highest BCUT2D eigenvalue weighted by Crippen LogP contribution is 2.41. The van der Waals surface area contributed by atoms with E-state index in [1.165, 1.54) is 13.3 Å². The van der Waals surface area contributed by atoms with Crippen molar-refractivity contribution in [1.29, 1.82) is 0 Å². The first-order valence-corrected chi connectivity index (χ1v) is 9.45. The van der Waals surface area contributed by atoms with Crippen LogP contribution in [0.1, 0.15) is 55.0 Å². The fraction of sp³-hybridized carbons (Fsp3) is 0.733. The second kappa shape index (κ2) is 6.35. The van der Waals surface area contributed by atoms with E-state index in [1.807, 2.05) is 0 Å². The maximum Gasteiger partial charge on any atom is 0.393 e. The lowest BCUT2D eigenvalue weighted by molar-refractivity contribution is -0.189. The first-order chi connectivity index (χ1) is 9.95. The van der Waals surface area contributed by atoms with E-state index in [2.05, 4.69) is 34.0 Å². The summed E-state index contributed by atoms with van der Waals surface area (Å²) in [7, 11) is 0. The predicted molar refractivity (Wildman–Crippen MR) is 87.7 cm³/mol. The van der Waals surface area contributed by atoms with E-state index in [9.17, 15) is 13.2 Å². The van der Waals surface area contributed by atoms with Gasteiger partial charge in [-0.15, -0.1) is 11.3 Å². The summed E-state index contributed by atoms with van der Waals surface area (Å²) in [5.74, 6) is -1.17. The average molecular weight is 429 g/mol. The summed E-state index contributed by atoms with van der Waals surface area (Å²) in [6.45, 7) is 0. The van der Waals surface area contributed by atoms with Crippen molar-refractivity contribution in [3.63, 3.8) is 0 Å². The molecule has 1 aromatic heterocycles. The van der Waals surface area contributed by atoms with Crippen molar-refractivity contribution in [1.82, 2.24) is 5.32 Å². The topological polar surface area (TPSA) is 12.0 Å². The molecule has 0 aliphatic heterocycles. The zero-order valence-corrected chi connectivity index (χ0v) is 14.7. The van der Waals surface area contributed by atoms with Gasteiger partial charge in [0.2, 0.25) is 0 Å². The van der Waals surface area contributed by atoms with Gasteiger partial charge < -0.3 is 5.32 Å². The lowest BCUT2D eigenvalue weighted by Gasteiger charge is -2.37. The van der Waals surface area contributed by atoms with Gasteiger partial charge >= 0.3 is 6.18 Å². The maximum absolute atomic E-state index is 13.2. The van der Waals surface area contributed by atoms with Crippen molar-refractivity contribution in [2.75, 3.05) is 0 Å². The molecule has 0 spiro atoms. The standard InChI is InChI=1S/C15H19F3INS/c16-15(17,18)10-4-1-2-5-12(10)20-11-6-3-7-13-9(11)8-14(19)21-13/h8,10-12,20H,1-7H2. The van der Waals surface area contributed by atoms with E-state index in [0.717, 1.165) is 25.7 Å². The monoisotopic (exact) mass is 429 g/mol. The van der Waals surface area contributed by atoms with Crippen LogP contribution in [-0.4, -0.2) is 12.2 Å². The van der Waals surface area contributed by atoms with E-state index in [-0.39, 0.29) is 12.5 Å². The van der Waals surface area contributed by atoms with Crippen molar-refractivity contribution in [2.45, 2.75) is 63.2 Å². The quantitative estimate of drug-likeness (QED) is 0.618. The molecule has 21 heavy (non-hydrogen) atoms. The Kier molecular flexibility index (Phi) is 4.86. The smallest absolute Gasteiger partial charge is 0.307 e. The minimum absolute atomic E-state index is 0.112. The lowest BCUT2D eigenvalue weighted by atomic mass is 9.82. The molecule has 2 aliphatic carbocycles. The third-order valence-electron chi connectivity index (χ3n) is 4.69. The zero-order valence-electron chi connectivity index (χ0n) is 11.7. The minimum Gasteiger partial charge on any atom is -0.307 e. The van der Waals surface area contributed by atoms with Crippen LogP contribution < -0.4 is 5.32 Å². The lowest BCUT2D eigenvalue weighted by Crippen LogP contribution is -2.47. The third-order valence-corrected chi connectivity index (χ3v) is 6.66. The number of nitrogens with one attached hydrogen (secondary N) is 1. The molecule has 2 aliphatic rings. The summed E-state index contributed by atoms with van der Waals surface area (Å²) in [5, 5.41) is 3.37. The van der Waals surface area contributed by atoms with Crippen LogP contribution in [0.15, 0.2) is 6.07 Å². The first-order valence-electron chi connectivity index (χ1n) is 7.56. The van der Waals surface area contributed by atoms with E-state index in [0.29, 0.717) is 12.8 Å². The molecule has 0 aromatic carbocycles. The van der Waals surface area contributed by atoms with Crippen molar-refractivity contribution < 1.29 is 13.2 Å². The molecule has 0 bridgehead atoms. The Balaban J connectivity index is 1.76. The van der Waals surface area contributed by atoms with E-state index < -0.39 is 18.1 Å². The third kappa shape index (κ3) is 3.58. The molecule has 3 rings (SSSR count). The molecule has 1 aromatic rings. The molecule has 0 amide bonds. The van der Waals surface area contributed by atoms with Gasteiger partial charge in [0.25, 0.3) is 0 Å². The SMILES string of the molecule is FC(F)(F)C1CCCCC1NC1CCCc2sc(I)cc21. The molecular formula is C15H19F3INS. The van der Waals surface area contributed by atoms with Crippen LogP contribution in [0.3, 0.4) is 0 Å². The summed E-state index contributed by atoms with van der Waals surface area (Å²) in [5.41, 5.74) is 1.25. The molecule has 1 fully saturated rings. The van der Waals surface area contributed by atoms with Crippen LogP contribution in [-0.2, 0) is 6.42 Å².